The number of H-pyrrole nitrogens is 1. The largest absolute Gasteiger partial charge is 0.507 e. The second kappa shape index (κ2) is 7.85. The first-order chi connectivity index (χ1) is 7.20. The molecule has 1 rings (SSSR count). The third-order valence-corrected chi connectivity index (χ3v) is 1.30. The molecule has 0 aromatic carbocycles. The number of nitrogens with zero attached hydrogens (tertiary/aromatic N) is 1. The highest BCUT2D eigenvalue weighted by molar-refractivity contribution is 7.45. The summed E-state index contributed by atoms with van der Waals surface area (Å²) in [5.41, 5.74) is 5.92. The van der Waals surface area contributed by atoms with E-state index in [1.807, 2.05) is 0 Å². The highest BCUT2D eigenvalue weighted by atomic mass is 31.2. The van der Waals surface area contributed by atoms with Gasteiger partial charge in [0.15, 0.2) is 0 Å². The van der Waals surface area contributed by atoms with Crippen LogP contribution >= 0.6 is 7.91 Å². The number of nitrogens with two attached hydrogens (primary N) is 1. The van der Waals surface area contributed by atoms with Crippen LogP contribution in [0, 0.1) is 0 Å². The van der Waals surface area contributed by atoms with Gasteiger partial charge in [-0.15, -0.1) is 4.20 Å². The highest BCUT2D eigenvalue weighted by Gasteiger charge is 2.12. The Hall–Kier alpha value is -1.35. The third-order valence-electron chi connectivity index (χ3n) is 1.30. The first-order valence-electron chi connectivity index (χ1n) is 3.91. The molecule has 0 saturated carbocycles. The SMILES string of the molecule is F.N[C@@H](Cc1c[nH]cn1)C(=O)O.O=P(O)(O)F. The van der Waals surface area contributed by atoms with Crippen LogP contribution in [0.3, 0.4) is 0 Å². The van der Waals surface area contributed by atoms with E-state index in [4.69, 9.17) is 25.2 Å². The lowest BCUT2D eigenvalue weighted by Gasteiger charge is -2.01. The number of halogens is 2. The van der Waals surface area contributed by atoms with E-state index in [0.29, 0.717) is 5.69 Å². The zero-order chi connectivity index (χ0) is 12.8. The molecule has 1 aromatic rings. The average molecular weight is 275 g/mol. The summed E-state index contributed by atoms with van der Waals surface area (Å²) in [4.78, 5) is 30.7. The van der Waals surface area contributed by atoms with Crippen molar-refractivity contribution in [3.05, 3.63) is 18.2 Å². The number of rotatable bonds is 3. The summed E-state index contributed by atoms with van der Waals surface area (Å²) in [6.45, 7) is 0. The molecule has 0 fully saturated rings. The summed E-state index contributed by atoms with van der Waals surface area (Å²) in [6, 6.07) is -0.863. The van der Waals surface area contributed by atoms with Crippen molar-refractivity contribution < 1.29 is 33.2 Å². The van der Waals surface area contributed by atoms with Crippen LogP contribution in [-0.4, -0.2) is 36.9 Å². The number of aromatic amines is 1. The Morgan fingerprint density at radius 1 is 1.65 bits per heavy atom. The first-order valence-corrected chi connectivity index (χ1v) is 5.41. The molecule has 0 spiro atoms. The minimum absolute atomic E-state index is 0. The topological polar surface area (TPSA) is 150 Å². The maximum Gasteiger partial charge on any atom is 0.507 e. The van der Waals surface area contributed by atoms with Gasteiger partial charge in [-0.1, -0.05) is 0 Å². The van der Waals surface area contributed by atoms with Crippen molar-refractivity contribution in [1.82, 2.24) is 9.97 Å². The molecule has 1 aromatic heterocycles. The van der Waals surface area contributed by atoms with Crippen molar-refractivity contribution in [2.75, 3.05) is 0 Å². The van der Waals surface area contributed by atoms with Gasteiger partial charge in [-0.3, -0.25) is 19.3 Å². The number of imidazole rings is 1. The number of aliphatic carboxylic acids is 1. The molecule has 1 heterocycles. The molecule has 0 amide bonds. The Bertz CT molecular complexity index is 359. The Kier molecular flexibility index (Phi) is 8.32. The summed E-state index contributed by atoms with van der Waals surface area (Å²) in [5.74, 6) is -1.01. The van der Waals surface area contributed by atoms with Gasteiger partial charge in [0, 0.05) is 12.6 Å². The molecule has 6 N–H and O–H groups in total. The van der Waals surface area contributed by atoms with Crippen molar-refractivity contribution >= 4 is 13.9 Å². The number of carboxylic acids is 1. The number of hydrogen-bond acceptors (Lipinski definition) is 4. The summed E-state index contributed by atoms with van der Waals surface area (Å²) >= 11 is 0. The Labute approximate surface area is 94.3 Å². The standard InChI is InChI=1S/C6H9N3O2.FH2O3P.FH/c7-5(6(10)11)1-4-2-8-3-9-4;1-5(2,3)4;/h2-3,5H,1,7H2,(H,8,9)(H,10,11);(H2,2,3,4);1H/t5-;;/m0../s1. The molecule has 11 heteroatoms. The van der Waals surface area contributed by atoms with Crippen LogP contribution in [0.2, 0.25) is 0 Å². The van der Waals surface area contributed by atoms with Gasteiger partial charge >= 0.3 is 13.9 Å². The fraction of sp³-hybridized carbons (Fsp3) is 0.333. The summed E-state index contributed by atoms with van der Waals surface area (Å²) < 4.78 is 19.0. The lowest BCUT2D eigenvalue weighted by molar-refractivity contribution is -0.138. The number of aromatic nitrogens is 2. The molecule has 0 aliphatic carbocycles. The van der Waals surface area contributed by atoms with Crippen LogP contribution in [0.25, 0.3) is 0 Å². The van der Waals surface area contributed by atoms with E-state index in [2.05, 4.69) is 9.97 Å². The molecule has 1 atom stereocenters. The average Bonchev–Trinajstić information content (AvgIpc) is 2.53. The van der Waals surface area contributed by atoms with Gasteiger partial charge in [-0.05, 0) is 0 Å². The van der Waals surface area contributed by atoms with Crippen LogP contribution in [0.4, 0.5) is 8.90 Å². The van der Waals surface area contributed by atoms with E-state index in [0.717, 1.165) is 0 Å². The fourth-order valence-corrected chi connectivity index (χ4v) is 0.715. The Balaban J connectivity index is 0. The van der Waals surface area contributed by atoms with Gasteiger partial charge in [-0.25, -0.2) is 9.55 Å². The molecular weight excluding hydrogens is 263 g/mol. The van der Waals surface area contributed by atoms with Crippen molar-refractivity contribution in [3.8, 4) is 0 Å². The van der Waals surface area contributed by atoms with E-state index in [-0.39, 0.29) is 11.1 Å². The van der Waals surface area contributed by atoms with E-state index >= 15 is 0 Å². The number of hydrogen-bond donors (Lipinski definition) is 5. The number of carboxylic acid groups (broad SMARTS) is 1. The first kappa shape index (κ1) is 18.0. The van der Waals surface area contributed by atoms with Gasteiger partial charge in [0.1, 0.15) is 6.04 Å². The second-order valence-corrected chi connectivity index (χ2v) is 3.63. The van der Waals surface area contributed by atoms with Crippen molar-refractivity contribution in [1.29, 1.82) is 0 Å². The van der Waals surface area contributed by atoms with Crippen LogP contribution < -0.4 is 5.73 Å². The van der Waals surface area contributed by atoms with E-state index in [9.17, 15) is 8.99 Å². The van der Waals surface area contributed by atoms with Crippen LogP contribution in [-0.2, 0) is 15.8 Å². The molecule has 17 heavy (non-hydrogen) atoms. The molecule has 0 saturated heterocycles. The van der Waals surface area contributed by atoms with Gasteiger partial charge in [0.05, 0.1) is 12.0 Å². The summed E-state index contributed by atoms with van der Waals surface area (Å²) in [6.07, 6.45) is 3.38. The summed E-state index contributed by atoms with van der Waals surface area (Å²) in [7, 11) is -5.14. The molecule has 0 bridgehead atoms. The van der Waals surface area contributed by atoms with E-state index < -0.39 is 19.9 Å². The predicted molar refractivity (Wildman–Crippen MR) is 53.6 cm³/mol. The minimum Gasteiger partial charge on any atom is -0.480 e. The quantitative estimate of drug-likeness (QED) is 0.469. The molecular formula is C6H12F2N3O5P. The molecule has 0 aliphatic rings. The lowest BCUT2D eigenvalue weighted by atomic mass is 10.2. The minimum atomic E-state index is -5.14. The number of carbonyl (C=O) groups is 1. The second-order valence-electron chi connectivity index (χ2n) is 2.68. The van der Waals surface area contributed by atoms with E-state index in [1.54, 1.807) is 6.20 Å². The summed E-state index contributed by atoms with van der Waals surface area (Å²) in [5, 5.41) is 8.42. The Morgan fingerprint density at radius 3 is 2.41 bits per heavy atom. The third kappa shape index (κ3) is 12.6. The molecule has 8 nitrogen and oxygen atoms in total. The van der Waals surface area contributed by atoms with Crippen molar-refractivity contribution in [3.63, 3.8) is 0 Å². The maximum atomic E-state index is 10.4. The lowest BCUT2D eigenvalue weighted by Crippen LogP contribution is -2.32. The zero-order valence-corrected chi connectivity index (χ0v) is 9.25. The normalized spacial score (nSPS) is 11.8. The van der Waals surface area contributed by atoms with E-state index in [1.165, 1.54) is 6.33 Å². The molecule has 0 radical (unpaired) electrons. The Morgan fingerprint density at radius 2 is 2.12 bits per heavy atom. The number of nitrogens with one attached hydrogen (secondary N) is 1. The van der Waals surface area contributed by atoms with Gasteiger partial charge in [0.2, 0.25) is 0 Å². The van der Waals surface area contributed by atoms with Crippen molar-refractivity contribution in [2.45, 2.75) is 12.5 Å². The van der Waals surface area contributed by atoms with Crippen LogP contribution in [0.1, 0.15) is 5.69 Å². The highest BCUT2D eigenvalue weighted by Crippen LogP contribution is 2.34. The van der Waals surface area contributed by atoms with Gasteiger partial charge < -0.3 is 15.8 Å². The maximum absolute atomic E-state index is 10.4. The molecule has 100 valence electrons. The smallest absolute Gasteiger partial charge is 0.480 e. The van der Waals surface area contributed by atoms with Gasteiger partial charge in [-0.2, -0.15) is 0 Å². The van der Waals surface area contributed by atoms with Crippen LogP contribution in [0.15, 0.2) is 12.5 Å². The van der Waals surface area contributed by atoms with Crippen LogP contribution in [0.5, 0.6) is 0 Å². The monoisotopic (exact) mass is 275 g/mol. The predicted octanol–water partition coefficient (Wildman–Crippen LogP) is -0.435. The molecule has 0 unspecified atom stereocenters. The zero-order valence-electron chi connectivity index (χ0n) is 8.36. The fourth-order valence-electron chi connectivity index (χ4n) is 0.715. The van der Waals surface area contributed by atoms with Gasteiger partial charge in [0.25, 0.3) is 0 Å². The molecule has 0 aliphatic heterocycles. The van der Waals surface area contributed by atoms with Crippen molar-refractivity contribution in [2.24, 2.45) is 5.73 Å².